The van der Waals surface area contributed by atoms with Gasteiger partial charge in [-0.05, 0) is 37.1 Å². The summed E-state index contributed by atoms with van der Waals surface area (Å²) in [7, 11) is 0. The number of rotatable bonds is 3. The molecule has 0 atom stereocenters. The number of nitriles is 1. The molecule has 0 aliphatic heterocycles. The highest BCUT2D eigenvalue weighted by molar-refractivity contribution is 6.30. The first-order chi connectivity index (χ1) is 8.10. The molecule has 0 N–H and O–H groups in total. The van der Waals surface area contributed by atoms with Gasteiger partial charge >= 0.3 is 5.97 Å². The summed E-state index contributed by atoms with van der Waals surface area (Å²) in [5, 5.41) is 9.58. The van der Waals surface area contributed by atoms with E-state index in [1.54, 1.807) is 38.1 Å². The van der Waals surface area contributed by atoms with E-state index in [-0.39, 0.29) is 12.2 Å². The Hall–Kier alpha value is -1.79. The monoisotopic (exact) mass is 249 g/mol. The molecule has 0 amide bonds. The van der Waals surface area contributed by atoms with Gasteiger partial charge < -0.3 is 4.74 Å². The molecule has 1 aromatic rings. The van der Waals surface area contributed by atoms with Crippen LogP contribution in [-0.4, -0.2) is 12.6 Å². The second kappa shape index (κ2) is 6.07. The minimum atomic E-state index is -0.595. The molecule has 0 radical (unpaired) electrons. The zero-order valence-corrected chi connectivity index (χ0v) is 10.4. The third-order valence-electron chi connectivity index (χ3n) is 2.24. The highest BCUT2D eigenvalue weighted by Crippen LogP contribution is 2.20. The SMILES string of the molecule is CCOC(=O)/C(C#N)=C(\C)c1ccc(Cl)cc1. The second-order valence-electron chi connectivity index (χ2n) is 3.34. The van der Waals surface area contributed by atoms with Crippen molar-refractivity contribution < 1.29 is 9.53 Å². The summed E-state index contributed by atoms with van der Waals surface area (Å²) in [6.45, 7) is 3.65. The Morgan fingerprint density at radius 2 is 2.00 bits per heavy atom. The second-order valence-corrected chi connectivity index (χ2v) is 3.78. The topological polar surface area (TPSA) is 50.1 Å². The Morgan fingerprint density at radius 3 is 2.47 bits per heavy atom. The van der Waals surface area contributed by atoms with Crippen molar-refractivity contribution in [3.63, 3.8) is 0 Å². The molecule has 0 saturated heterocycles. The van der Waals surface area contributed by atoms with Crippen LogP contribution in [0.4, 0.5) is 0 Å². The molecule has 0 saturated carbocycles. The van der Waals surface area contributed by atoms with Crippen LogP contribution >= 0.6 is 11.6 Å². The molecule has 0 heterocycles. The van der Waals surface area contributed by atoms with E-state index in [1.807, 2.05) is 6.07 Å². The normalized spacial score (nSPS) is 11.4. The number of benzene rings is 1. The van der Waals surface area contributed by atoms with Gasteiger partial charge in [-0.15, -0.1) is 0 Å². The predicted molar refractivity (Wildman–Crippen MR) is 66.3 cm³/mol. The largest absolute Gasteiger partial charge is 0.462 e. The smallest absolute Gasteiger partial charge is 0.349 e. The molecule has 3 nitrogen and oxygen atoms in total. The number of hydrogen-bond acceptors (Lipinski definition) is 3. The number of allylic oxidation sites excluding steroid dienone is 1. The molecule has 88 valence electrons. The fraction of sp³-hybridized carbons (Fsp3) is 0.231. The number of hydrogen-bond donors (Lipinski definition) is 0. The van der Waals surface area contributed by atoms with Gasteiger partial charge in [-0.1, -0.05) is 23.7 Å². The van der Waals surface area contributed by atoms with Gasteiger partial charge in [0.1, 0.15) is 11.6 Å². The standard InChI is InChI=1S/C13H12ClNO2/c1-3-17-13(16)12(8-15)9(2)10-4-6-11(14)7-5-10/h4-7H,3H2,1-2H3/b12-9+. The van der Waals surface area contributed by atoms with Gasteiger partial charge in [-0.2, -0.15) is 5.26 Å². The molecule has 0 aromatic heterocycles. The third kappa shape index (κ3) is 3.33. The van der Waals surface area contributed by atoms with Crippen LogP contribution in [0.3, 0.4) is 0 Å². The quantitative estimate of drug-likeness (QED) is 0.470. The summed E-state index contributed by atoms with van der Waals surface area (Å²) in [4.78, 5) is 11.5. The Bertz CT molecular complexity index is 483. The van der Waals surface area contributed by atoms with E-state index in [2.05, 4.69) is 0 Å². The first-order valence-electron chi connectivity index (χ1n) is 5.14. The molecule has 0 aliphatic rings. The zero-order valence-electron chi connectivity index (χ0n) is 9.66. The summed E-state index contributed by atoms with van der Waals surface area (Å²) in [5.41, 5.74) is 1.38. The first-order valence-corrected chi connectivity index (χ1v) is 5.52. The van der Waals surface area contributed by atoms with E-state index in [0.29, 0.717) is 10.6 Å². The van der Waals surface area contributed by atoms with Gasteiger partial charge in [0.15, 0.2) is 0 Å². The van der Waals surface area contributed by atoms with Gasteiger partial charge in [0.2, 0.25) is 0 Å². The number of carbonyl (C=O) groups is 1. The van der Waals surface area contributed by atoms with Crippen molar-refractivity contribution in [2.75, 3.05) is 6.61 Å². The highest BCUT2D eigenvalue weighted by Gasteiger charge is 2.14. The molecule has 0 unspecified atom stereocenters. The van der Waals surface area contributed by atoms with E-state index in [0.717, 1.165) is 5.56 Å². The Balaban J connectivity index is 3.13. The van der Waals surface area contributed by atoms with Crippen molar-refractivity contribution in [1.29, 1.82) is 5.26 Å². The molecule has 1 rings (SSSR count). The average molecular weight is 250 g/mol. The van der Waals surface area contributed by atoms with Gasteiger partial charge in [0.25, 0.3) is 0 Å². The van der Waals surface area contributed by atoms with Crippen molar-refractivity contribution in [1.82, 2.24) is 0 Å². The minimum absolute atomic E-state index is 0.0224. The van der Waals surface area contributed by atoms with E-state index in [4.69, 9.17) is 21.6 Å². The molecule has 1 aromatic carbocycles. The van der Waals surface area contributed by atoms with Crippen molar-refractivity contribution in [2.24, 2.45) is 0 Å². The van der Waals surface area contributed by atoms with E-state index >= 15 is 0 Å². The van der Waals surface area contributed by atoms with Crippen LogP contribution in [-0.2, 0) is 9.53 Å². The van der Waals surface area contributed by atoms with Crippen molar-refractivity contribution in [2.45, 2.75) is 13.8 Å². The molecule has 17 heavy (non-hydrogen) atoms. The summed E-state index contributed by atoms with van der Waals surface area (Å²) in [6, 6.07) is 8.81. The summed E-state index contributed by atoms with van der Waals surface area (Å²) >= 11 is 5.77. The fourth-order valence-electron chi connectivity index (χ4n) is 1.33. The third-order valence-corrected chi connectivity index (χ3v) is 2.50. The lowest BCUT2D eigenvalue weighted by molar-refractivity contribution is -0.137. The number of ether oxygens (including phenoxy) is 1. The molecule has 0 aliphatic carbocycles. The van der Waals surface area contributed by atoms with Crippen LogP contribution < -0.4 is 0 Å². The van der Waals surface area contributed by atoms with Gasteiger partial charge in [-0.25, -0.2) is 4.79 Å². The van der Waals surface area contributed by atoms with Crippen LogP contribution in [0.5, 0.6) is 0 Å². The van der Waals surface area contributed by atoms with Crippen molar-refractivity contribution in [3.8, 4) is 6.07 Å². The van der Waals surface area contributed by atoms with E-state index in [1.165, 1.54) is 0 Å². The molecule has 4 heteroatoms. The molecular formula is C13H12ClNO2. The Labute approximate surface area is 105 Å². The minimum Gasteiger partial charge on any atom is -0.462 e. The number of nitrogens with zero attached hydrogens (tertiary/aromatic N) is 1. The maximum Gasteiger partial charge on any atom is 0.349 e. The number of carbonyl (C=O) groups excluding carboxylic acids is 1. The highest BCUT2D eigenvalue weighted by atomic mass is 35.5. The first kappa shape index (κ1) is 13.3. The molecule has 0 bridgehead atoms. The van der Waals surface area contributed by atoms with E-state index < -0.39 is 5.97 Å². The van der Waals surface area contributed by atoms with E-state index in [9.17, 15) is 4.79 Å². The lowest BCUT2D eigenvalue weighted by atomic mass is 10.0. The van der Waals surface area contributed by atoms with Crippen LogP contribution in [0.1, 0.15) is 19.4 Å². The predicted octanol–water partition coefficient (Wildman–Crippen LogP) is 3.20. The maximum atomic E-state index is 11.5. The Kier molecular flexibility index (Phi) is 4.74. The van der Waals surface area contributed by atoms with Gasteiger partial charge in [-0.3, -0.25) is 0 Å². The fourth-order valence-corrected chi connectivity index (χ4v) is 1.46. The van der Waals surface area contributed by atoms with Gasteiger partial charge in [0.05, 0.1) is 6.61 Å². The number of esters is 1. The maximum absolute atomic E-state index is 11.5. The summed E-state index contributed by atoms with van der Waals surface area (Å²) in [5.74, 6) is -0.595. The average Bonchev–Trinajstić information content (AvgIpc) is 2.31. The molecular weight excluding hydrogens is 238 g/mol. The van der Waals surface area contributed by atoms with Gasteiger partial charge in [0, 0.05) is 5.02 Å². The molecule has 0 spiro atoms. The molecule has 0 fully saturated rings. The zero-order chi connectivity index (χ0) is 12.8. The van der Waals surface area contributed by atoms with Crippen LogP contribution in [0.15, 0.2) is 29.8 Å². The van der Waals surface area contributed by atoms with Crippen molar-refractivity contribution in [3.05, 3.63) is 40.4 Å². The van der Waals surface area contributed by atoms with Crippen LogP contribution in [0, 0.1) is 11.3 Å². The summed E-state index contributed by atoms with van der Waals surface area (Å²) in [6.07, 6.45) is 0. The van der Waals surface area contributed by atoms with Crippen LogP contribution in [0.2, 0.25) is 5.02 Å². The van der Waals surface area contributed by atoms with Crippen molar-refractivity contribution >= 4 is 23.1 Å². The Morgan fingerprint density at radius 1 is 1.41 bits per heavy atom. The van der Waals surface area contributed by atoms with Crippen LogP contribution in [0.25, 0.3) is 5.57 Å². The number of halogens is 1. The lowest BCUT2D eigenvalue weighted by Crippen LogP contribution is -2.07. The lowest BCUT2D eigenvalue weighted by Gasteiger charge is -2.05. The summed E-state index contributed by atoms with van der Waals surface area (Å²) < 4.78 is 4.82.